The summed E-state index contributed by atoms with van der Waals surface area (Å²) in [6, 6.07) is 2.52. The van der Waals surface area contributed by atoms with E-state index in [0.717, 1.165) is 12.1 Å². The Kier molecular flexibility index (Phi) is 4.46. The third-order valence-corrected chi connectivity index (χ3v) is 1.80. The first-order valence-electron chi connectivity index (χ1n) is 5.51. The first-order chi connectivity index (χ1) is 8.96. The van der Waals surface area contributed by atoms with E-state index in [-0.39, 0.29) is 5.69 Å². The minimum atomic E-state index is -4.99. The van der Waals surface area contributed by atoms with Gasteiger partial charge in [-0.25, -0.2) is 9.18 Å². The van der Waals surface area contributed by atoms with E-state index in [2.05, 4.69) is 10.1 Å². The lowest BCUT2D eigenvalue weighted by molar-refractivity contribution is -0.275. The standard InChI is InChI=1S/C12H13F4NO3/c1-11(2,3)20-10(18)17-7-4-5-9(8(13)6-7)19-12(14,15)16/h4-6H,1-3H3,(H,17,18). The number of rotatable bonds is 2. The number of carbonyl (C=O) groups excluding carboxylic acids is 1. The molecule has 1 N–H and O–H groups in total. The fourth-order valence-electron chi connectivity index (χ4n) is 1.21. The summed E-state index contributed by atoms with van der Waals surface area (Å²) in [5, 5.41) is 2.19. The summed E-state index contributed by atoms with van der Waals surface area (Å²) in [7, 11) is 0. The lowest BCUT2D eigenvalue weighted by Crippen LogP contribution is -2.27. The third kappa shape index (κ3) is 5.77. The number of amides is 1. The van der Waals surface area contributed by atoms with Crippen LogP contribution in [0.3, 0.4) is 0 Å². The number of benzene rings is 1. The quantitative estimate of drug-likeness (QED) is 0.837. The largest absolute Gasteiger partial charge is 0.573 e. The molecule has 1 aromatic carbocycles. The zero-order chi connectivity index (χ0) is 15.6. The molecule has 1 aromatic rings. The molecule has 0 atom stereocenters. The van der Waals surface area contributed by atoms with Gasteiger partial charge in [0, 0.05) is 11.8 Å². The number of anilines is 1. The molecule has 0 saturated carbocycles. The zero-order valence-electron chi connectivity index (χ0n) is 11.0. The monoisotopic (exact) mass is 295 g/mol. The van der Waals surface area contributed by atoms with E-state index >= 15 is 0 Å². The van der Waals surface area contributed by atoms with Gasteiger partial charge < -0.3 is 9.47 Å². The van der Waals surface area contributed by atoms with E-state index < -0.39 is 29.6 Å². The molecule has 1 rings (SSSR count). The van der Waals surface area contributed by atoms with Gasteiger partial charge in [-0.3, -0.25) is 5.32 Å². The Morgan fingerprint density at radius 3 is 2.25 bits per heavy atom. The van der Waals surface area contributed by atoms with Crippen molar-refractivity contribution in [1.29, 1.82) is 0 Å². The maximum absolute atomic E-state index is 13.4. The Labute approximate surface area is 112 Å². The molecule has 0 aliphatic carbocycles. The molecule has 0 unspecified atom stereocenters. The molecule has 8 heteroatoms. The predicted octanol–water partition coefficient (Wildman–Crippen LogP) is 4.07. The number of ether oxygens (including phenoxy) is 2. The fourth-order valence-corrected chi connectivity index (χ4v) is 1.21. The lowest BCUT2D eigenvalue weighted by Gasteiger charge is -2.19. The summed E-state index contributed by atoms with van der Waals surface area (Å²) < 4.78 is 57.5. The molecule has 0 bridgehead atoms. The summed E-state index contributed by atoms with van der Waals surface area (Å²) in [5.74, 6) is -2.23. The second-order valence-corrected chi connectivity index (χ2v) is 4.82. The number of halogens is 4. The molecule has 0 aliphatic heterocycles. The van der Waals surface area contributed by atoms with Gasteiger partial charge >= 0.3 is 12.5 Å². The van der Waals surface area contributed by atoms with Gasteiger partial charge in [0.1, 0.15) is 5.60 Å². The number of nitrogens with one attached hydrogen (secondary N) is 1. The van der Waals surface area contributed by atoms with Gasteiger partial charge in [-0.15, -0.1) is 13.2 Å². The van der Waals surface area contributed by atoms with Crippen molar-refractivity contribution in [2.24, 2.45) is 0 Å². The van der Waals surface area contributed by atoms with Crippen LogP contribution in [0, 0.1) is 5.82 Å². The maximum atomic E-state index is 13.4. The first-order valence-corrected chi connectivity index (χ1v) is 5.51. The topological polar surface area (TPSA) is 47.6 Å². The number of carbonyl (C=O) groups is 1. The molecule has 0 saturated heterocycles. The van der Waals surface area contributed by atoms with Crippen LogP contribution in [-0.4, -0.2) is 18.1 Å². The van der Waals surface area contributed by atoms with Crippen molar-refractivity contribution < 1.29 is 31.8 Å². The van der Waals surface area contributed by atoms with Gasteiger partial charge in [0.15, 0.2) is 11.6 Å². The first kappa shape index (κ1) is 16.1. The van der Waals surface area contributed by atoms with Gasteiger partial charge in [0.25, 0.3) is 0 Å². The summed E-state index contributed by atoms with van der Waals surface area (Å²) in [6.45, 7) is 4.90. The van der Waals surface area contributed by atoms with Gasteiger partial charge in [-0.1, -0.05) is 0 Å². The van der Waals surface area contributed by atoms with Crippen LogP contribution in [0.25, 0.3) is 0 Å². The van der Waals surface area contributed by atoms with E-state index in [9.17, 15) is 22.4 Å². The van der Waals surface area contributed by atoms with Crippen molar-refractivity contribution in [3.8, 4) is 5.75 Å². The molecule has 0 aliphatic rings. The number of alkyl halides is 3. The molecule has 112 valence electrons. The smallest absolute Gasteiger partial charge is 0.444 e. The van der Waals surface area contributed by atoms with Crippen LogP contribution in [0.2, 0.25) is 0 Å². The summed E-state index contributed by atoms with van der Waals surface area (Å²) in [4.78, 5) is 11.4. The molecule has 1 amide bonds. The molecule has 4 nitrogen and oxygen atoms in total. The number of hydrogen-bond donors (Lipinski definition) is 1. The van der Waals surface area contributed by atoms with Crippen LogP contribution in [-0.2, 0) is 4.74 Å². The SMILES string of the molecule is CC(C)(C)OC(=O)Nc1ccc(OC(F)(F)F)c(F)c1. The van der Waals surface area contributed by atoms with Gasteiger partial charge in [-0.05, 0) is 32.9 Å². The zero-order valence-corrected chi connectivity index (χ0v) is 11.0. The number of hydrogen-bond acceptors (Lipinski definition) is 3. The molecule has 20 heavy (non-hydrogen) atoms. The fraction of sp³-hybridized carbons (Fsp3) is 0.417. The Morgan fingerprint density at radius 2 is 1.80 bits per heavy atom. The average Bonchev–Trinajstić information content (AvgIpc) is 2.17. The highest BCUT2D eigenvalue weighted by molar-refractivity contribution is 5.84. The van der Waals surface area contributed by atoms with E-state index in [0.29, 0.717) is 6.07 Å². The second-order valence-electron chi connectivity index (χ2n) is 4.82. The van der Waals surface area contributed by atoms with E-state index in [1.165, 1.54) is 0 Å². The minimum absolute atomic E-state index is 0.0497. The van der Waals surface area contributed by atoms with Crippen molar-refractivity contribution in [3.63, 3.8) is 0 Å². The summed E-state index contributed by atoms with van der Waals surface area (Å²) in [6.07, 6.45) is -5.83. The molecule has 0 radical (unpaired) electrons. The van der Waals surface area contributed by atoms with E-state index in [1.54, 1.807) is 20.8 Å². The Hall–Kier alpha value is -1.99. The Bertz CT molecular complexity index is 494. The van der Waals surface area contributed by atoms with Gasteiger partial charge in [0.05, 0.1) is 0 Å². The average molecular weight is 295 g/mol. The normalized spacial score (nSPS) is 11.9. The lowest BCUT2D eigenvalue weighted by atomic mass is 10.2. The third-order valence-electron chi connectivity index (χ3n) is 1.80. The van der Waals surface area contributed by atoms with Crippen LogP contribution in [0.1, 0.15) is 20.8 Å². The Balaban J connectivity index is 2.75. The highest BCUT2D eigenvalue weighted by Gasteiger charge is 2.32. The highest BCUT2D eigenvalue weighted by Crippen LogP contribution is 2.27. The van der Waals surface area contributed by atoms with Crippen molar-refractivity contribution in [2.45, 2.75) is 32.7 Å². The van der Waals surface area contributed by atoms with Crippen LogP contribution in [0.15, 0.2) is 18.2 Å². The minimum Gasteiger partial charge on any atom is -0.444 e. The molecule has 0 spiro atoms. The summed E-state index contributed by atoms with van der Waals surface area (Å²) >= 11 is 0. The highest BCUT2D eigenvalue weighted by atomic mass is 19.4. The maximum Gasteiger partial charge on any atom is 0.573 e. The van der Waals surface area contributed by atoms with Gasteiger partial charge in [-0.2, -0.15) is 0 Å². The molecule has 0 aromatic heterocycles. The van der Waals surface area contributed by atoms with Crippen LogP contribution in [0.4, 0.5) is 28.0 Å². The van der Waals surface area contributed by atoms with Crippen LogP contribution < -0.4 is 10.1 Å². The van der Waals surface area contributed by atoms with Crippen molar-refractivity contribution in [3.05, 3.63) is 24.0 Å². The van der Waals surface area contributed by atoms with Crippen molar-refractivity contribution >= 4 is 11.8 Å². The Morgan fingerprint density at radius 1 is 1.20 bits per heavy atom. The summed E-state index contributed by atoms with van der Waals surface area (Å²) in [5.41, 5.74) is -0.798. The van der Waals surface area contributed by atoms with E-state index in [4.69, 9.17) is 4.74 Å². The van der Waals surface area contributed by atoms with Crippen LogP contribution in [0.5, 0.6) is 5.75 Å². The van der Waals surface area contributed by atoms with Crippen molar-refractivity contribution in [1.82, 2.24) is 0 Å². The van der Waals surface area contributed by atoms with Crippen molar-refractivity contribution in [2.75, 3.05) is 5.32 Å². The molecular weight excluding hydrogens is 282 g/mol. The van der Waals surface area contributed by atoms with Gasteiger partial charge in [0.2, 0.25) is 0 Å². The van der Waals surface area contributed by atoms with Crippen LogP contribution >= 0.6 is 0 Å². The van der Waals surface area contributed by atoms with E-state index in [1.807, 2.05) is 0 Å². The second kappa shape index (κ2) is 5.56. The molecule has 0 fully saturated rings. The predicted molar refractivity (Wildman–Crippen MR) is 62.9 cm³/mol. The molecular formula is C12H13F4NO3. The molecule has 0 heterocycles.